The molecule has 0 fully saturated rings. The van der Waals surface area contributed by atoms with Gasteiger partial charge in [-0.3, -0.25) is 4.90 Å². The fourth-order valence-corrected chi connectivity index (χ4v) is 3.68. The lowest BCUT2D eigenvalue weighted by atomic mass is 9.96. The van der Waals surface area contributed by atoms with Gasteiger partial charge in [0.15, 0.2) is 0 Å². The second kappa shape index (κ2) is 8.90. The number of pyridine rings is 1. The smallest absolute Gasteiger partial charge is 0.413 e. The Kier molecular flexibility index (Phi) is 5.62. The Bertz CT molecular complexity index is 1510. The molecule has 6 nitrogen and oxygen atoms in total. The molecule has 0 atom stereocenters. The van der Waals surface area contributed by atoms with Gasteiger partial charge in [-0.2, -0.15) is 4.39 Å². The van der Waals surface area contributed by atoms with Gasteiger partial charge in [0.25, 0.3) is 0 Å². The fraction of sp³-hybridized carbons (Fsp3) is 0.0370. The van der Waals surface area contributed by atoms with Crippen molar-refractivity contribution in [3.8, 4) is 33.8 Å². The van der Waals surface area contributed by atoms with E-state index in [2.05, 4.69) is 4.98 Å². The van der Waals surface area contributed by atoms with Crippen molar-refractivity contribution < 1.29 is 27.8 Å². The number of ether oxygens (including phenoxy) is 1. The number of benzene rings is 3. The molecule has 0 bridgehead atoms. The summed E-state index contributed by atoms with van der Waals surface area (Å²) in [7, 11) is 1.40. The number of furan rings is 1. The van der Waals surface area contributed by atoms with Crippen LogP contribution in [-0.2, 0) is 0 Å². The molecule has 5 rings (SSSR count). The van der Waals surface area contributed by atoms with E-state index in [0.29, 0.717) is 28.0 Å². The molecule has 1 N–H and O–H groups in total. The van der Waals surface area contributed by atoms with Crippen molar-refractivity contribution in [1.29, 1.82) is 0 Å². The standard InChI is InChI=1S/C27H18F2N2O4/c1-31(27(32)33)25-14-19-12-18(13-23(26(19)35-25)17-2-6-20(28)7-3-17)16-4-8-21(9-5-16)34-22-10-11-24(29)30-15-22/h2-15H,1H3,(H,32,33). The van der Waals surface area contributed by atoms with Crippen molar-refractivity contribution in [3.05, 3.63) is 96.8 Å². The summed E-state index contributed by atoms with van der Waals surface area (Å²) in [5.41, 5.74) is 3.62. The van der Waals surface area contributed by atoms with Gasteiger partial charge in [-0.25, -0.2) is 14.2 Å². The molecule has 0 spiro atoms. The van der Waals surface area contributed by atoms with Gasteiger partial charge < -0.3 is 14.3 Å². The first-order valence-electron chi connectivity index (χ1n) is 10.6. The zero-order chi connectivity index (χ0) is 24.5. The maximum atomic E-state index is 13.5. The Labute approximate surface area is 198 Å². The van der Waals surface area contributed by atoms with Crippen LogP contribution in [0.15, 0.2) is 89.5 Å². The van der Waals surface area contributed by atoms with Crippen LogP contribution in [0.2, 0.25) is 0 Å². The lowest BCUT2D eigenvalue weighted by molar-refractivity contribution is 0.202. The van der Waals surface area contributed by atoms with Gasteiger partial charge >= 0.3 is 6.09 Å². The van der Waals surface area contributed by atoms with Gasteiger partial charge in [0.05, 0.1) is 6.20 Å². The van der Waals surface area contributed by atoms with Crippen LogP contribution < -0.4 is 9.64 Å². The minimum Gasteiger partial charge on any atom is -0.465 e. The highest BCUT2D eigenvalue weighted by atomic mass is 19.1. The molecule has 0 saturated carbocycles. The highest BCUT2D eigenvalue weighted by molar-refractivity contribution is 5.99. The largest absolute Gasteiger partial charge is 0.465 e. The van der Waals surface area contributed by atoms with Crippen LogP contribution in [0.25, 0.3) is 33.2 Å². The van der Waals surface area contributed by atoms with Gasteiger partial charge in [-0.1, -0.05) is 24.3 Å². The van der Waals surface area contributed by atoms with E-state index in [9.17, 15) is 18.7 Å². The molecule has 174 valence electrons. The summed E-state index contributed by atoms with van der Waals surface area (Å²) in [6, 6.07) is 21.5. The van der Waals surface area contributed by atoms with Gasteiger partial charge in [0.2, 0.25) is 11.8 Å². The van der Waals surface area contributed by atoms with Crippen molar-refractivity contribution >= 4 is 22.9 Å². The molecule has 35 heavy (non-hydrogen) atoms. The Morgan fingerprint density at radius 1 is 0.886 bits per heavy atom. The Morgan fingerprint density at radius 3 is 2.23 bits per heavy atom. The predicted molar refractivity (Wildman–Crippen MR) is 128 cm³/mol. The molecule has 3 aromatic carbocycles. The minimum atomic E-state index is -1.15. The van der Waals surface area contributed by atoms with E-state index < -0.39 is 12.0 Å². The predicted octanol–water partition coefficient (Wildman–Crippen LogP) is 7.35. The number of rotatable bonds is 5. The zero-order valence-electron chi connectivity index (χ0n) is 18.4. The average Bonchev–Trinajstić information content (AvgIpc) is 3.29. The number of carbonyl (C=O) groups is 1. The minimum absolute atomic E-state index is 0.171. The first-order chi connectivity index (χ1) is 16.9. The molecule has 0 aliphatic rings. The monoisotopic (exact) mass is 472 g/mol. The molecular formula is C27H18F2N2O4. The van der Waals surface area contributed by atoms with Crippen LogP contribution in [-0.4, -0.2) is 23.2 Å². The van der Waals surface area contributed by atoms with Crippen LogP contribution in [0, 0.1) is 11.8 Å². The van der Waals surface area contributed by atoms with Gasteiger partial charge in [-0.05, 0) is 65.2 Å². The Hall–Kier alpha value is -4.72. The van der Waals surface area contributed by atoms with Crippen LogP contribution in [0.1, 0.15) is 0 Å². The zero-order valence-corrected chi connectivity index (χ0v) is 18.4. The first kappa shape index (κ1) is 22.1. The van der Waals surface area contributed by atoms with E-state index in [4.69, 9.17) is 9.15 Å². The van der Waals surface area contributed by atoms with E-state index >= 15 is 0 Å². The number of fused-ring (bicyclic) bond motifs is 1. The van der Waals surface area contributed by atoms with Gasteiger partial charge in [-0.15, -0.1) is 0 Å². The molecular weight excluding hydrogens is 454 g/mol. The second-order valence-electron chi connectivity index (χ2n) is 7.82. The SMILES string of the molecule is CN(C(=O)O)c1cc2cc(-c3ccc(Oc4ccc(F)nc4)cc3)cc(-c3ccc(F)cc3)c2o1. The number of hydrogen-bond donors (Lipinski definition) is 1. The quantitative estimate of drug-likeness (QED) is 0.271. The third-order valence-corrected chi connectivity index (χ3v) is 5.50. The Balaban J connectivity index is 1.56. The number of carboxylic acid groups (broad SMARTS) is 1. The summed E-state index contributed by atoms with van der Waals surface area (Å²) in [5, 5.41) is 10.0. The Morgan fingerprint density at radius 2 is 1.57 bits per heavy atom. The summed E-state index contributed by atoms with van der Waals surface area (Å²) < 4.78 is 38.2. The van der Waals surface area contributed by atoms with Crippen molar-refractivity contribution in [2.75, 3.05) is 11.9 Å². The summed E-state index contributed by atoms with van der Waals surface area (Å²) in [4.78, 5) is 16.0. The molecule has 0 aliphatic carbocycles. The third kappa shape index (κ3) is 4.54. The molecule has 2 heterocycles. The number of halogens is 2. The molecule has 0 unspecified atom stereocenters. The summed E-state index contributed by atoms with van der Waals surface area (Å²) in [6.45, 7) is 0. The van der Waals surface area contributed by atoms with Crippen molar-refractivity contribution in [3.63, 3.8) is 0 Å². The summed E-state index contributed by atoms with van der Waals surface area (Å²) in [5.74, 6) is 0.184. The van der Waals surface area contributed by atoms with E-state index in [1.165, 1.54) is 37.5 Å². The molecule has 2 aromatic heterocycles. The molecule has 5 aromatic rings. The van der Waals surface area contributed by atoms with Crippen molar-refractivity contribution in [2.45, 2.75) is 0 Å². The fourth-order valence-electron chi connectivity index (χ4n) is 3.68. The number of amides is 1. The number of hydrogen-bond acceptors (Lipinski definition) is 4. The number of anilines is 1. The highest BCUT2D eigenvalue weighted by Crippen LogP contribution is 2.38. The number of aromatic nitrogens is 1. The van der Waals surface area contributed by atoms with E-state index in [1.807, 2.05) is 24.3 Å². The molecule has 8 heteroatoms. The second-order valence-corrected chi connectivity index (χ2v) is 7.82. The van der Waals surface area contributed by atoms with Gasteiger partial charge in [0.1, 0.15) is 22.9 Å². The topological polar surface area (TPSA) is 75.8 Å². The lowest BCUT2D eigenvalue weighted by Gasteiger charge is -2.10. The highest BCUT2D eigenvalue weighted by Gasteiger charge is 2.18. The third-order valence-electron chi connectivity index (χ3n) is 5.50. The van der Waals surface area contributed by atoms with E-state index in [0.717, 1.165) is 21.6 Å². The molecule has 0 radical (unpaired) electrons. The molecule has 0 aliphatic heterocycles. The summed E-state index contributed by atoms with van der Waals surface area (Å²) in [6.07, 6.45) is 0.149. The van der Waals surface area contributed by atoms with E-state index in [1.54, 1.807) is 30.3 Å². The average molecular weight is 472 g/mol. The van der Waals surface area contributed by atoms with Crippen molar-refractivity contribution in [2.24, 2.45) is 0 Å². The number of nitrogens with zero attached hydrogens (tertiary/aromatic N) is 2. The first-order valence-corrected chi connectivity index (χ1v) is 10.6. The van der Waals surface area contributed by atoms with Crippen LogP contribution in [0.5, 0.6) is 11.5 Å². The van der Waals surface area contributed by atoms with Crippen molar-refractivity contribution in [1.82, 2.24) is 4.98 Å². The maximum Gasteiger partial charge on any atom is 0.413 e. The van der Waals surface area contributed by atoms with Crippen LogP contribution in [0.3, 0.4) is 0 Å². The van der Waals surface area contributed by atoms with Crippen LogP contribution >= 0.6 is 0 Å². The van der Waals surface area contributed by atoms with E-state index in [-0.39, 0.29) is 11.7 Å². The van der Waals surface area contributed by atoms with Gasteiger partial charge in [0, 0.05) is 24.1 Å². The maximum absolute atomic E-state index is 13.5. The normalized spacial score (nSPS) is 10.9. The summed E-state index contributed by atoms with van der Waals surface area (Å²) >= 11 is 0. The molecule has 0 saturated heterocycles. The lowest BCUT2D eigenvalue weighted by Crippen LogP contribution is -2.22. The molecule has 1 amide bonds. The van der Waals surface area contributed by atoms with Crippen LogP contribution in [0.4, 0.5) is 19.5 Å².